The van der Waals surface area contributed by atoms with Crippen molar-refractivity contribution in [2.45, 2.75) is 25.9 Å². The van der Waals surface area contributed by atoms with Crippen LogP contribution in [0.25, 0.3) is 0 Å². The van der Waals surface area contributed by atoms with Crippen LogP contribution in [-0.4, -0.2) is 12.5 Å². The van der Waals surface area contributed by atoms with Crippen LogP contribution >= 0.6 is 11.6 Å². The molecule has 0 unspecified atom stereocenters. The van der Waals surface area contributed by atoms with Crippen molar-refractivity contribution in [1.82, 2.24) is 0 Å². The van der Waals surface area contributed by atoms with Crippen molar-refractivity contribution in [2.24, 2.45) is 0 Å². The summed E-state index contributed by atoms with van der Waals surface area (Å²) in [7, 11) is 0. The lowest BCUT2D eigenvalue weighted by Gasteiger charge is -2.12. The van der Waals surface area contributed by atoms with Crippen LogP contribution in [0.3, 0.4) is 0 Å². The van der Waals surface area contributed by atoms with Crippen molar-refractivity contribution in [3.63, 3.8) is 0 Å². The monoisotopic (exact) mass is 371 g/mol. The molecule has 0 aliphatic rings. The quantitative estimate of drug-likeness (QED) is 0.684. The smallest absolute Gasteiger partial charge is 0.417 e. The summed E-state index contributed by atoms with van der Waals surface area (Å²) < 4.78 is 43.9. The number of hydrogen-bond donors (Lipinski definition) is 1. The first-order chi connectivity index (χ1) is 11.8. The van der Waals surface area contributed by atoms with Crippen LogP contribution in [0, 0.1) is 6.92 Å². The topological polar surface area (TPSA) is 38.3 Å². The number of nitrogens with one attached hydrogen (secondary N) is 1. The first-order valence-corrected chi connectivity index (χ1v) is 7.99. The molecule has 0 bridgehead atoms. The van der Waals surface area contributed by atoms with Gasteiger partial charge in [-0.1, -0.05) is 23.7 Å². The van der Waals surface area contributed by atoms with E-state index in [-0.39, 0.29) is 18.0 Å². The van der Waals surface area contributed by atoms with Gasteiger partial charge in [-0.05, 0) is 49.2 Å². The molecular weight excluding hydrogens is 355 g/mol. The molecule has 2 aromatic carbocycles. The summed E-state index contributed by atoms with van der Waals surface area (Å²) in [4.78, 5) is 11.8. The van der Waals surface area contributed by atoms with Gasteiger partial charge in [0.05, 0.1) is 17.2 Å². The van der Waals surface area contributed by atoms with E-state index in [1.54, 1.807) is 0 Å². The average molecular weight is 372 g/mol. The first kappa shape index (κ1) is 19.1. The summed E-state index contributed by atoms with van der Waals surface area (Å²) in [5.74, 6) is 0.330. The third-order valence-corrected chi connectivity index (χ3v) is 3.69. The number of rotatable bonds is 6. The van der Waals surface area contributed by atoms with Gasteiger partial charge in [0.1, 0.15) is 5.75 Å². The summed E-state index contributed by atoms with van der Waals surface area (Å²) in [5, 5.41) is 2.03. The molecule has 0 spiro atoms. The Bertz CT molecular complexity index is 747. The molecule has 0 aliphatic carbocycles. The molecular formula is C18H17ClF3NO2. The van der Waals surface area contributed by atoms with Crippen LogP contribution in [0.2, 0.25) is 5.02 Å². The van der Waals surface area contributed by atoms with Crippen LogP contribution in [0.4, 0.5) is 18.9 Å². The molecule has 3 nitrogen and oxygen atoms in total. The molecule has 7 heteroatoms. The van der Waals surface area contributed by atoms with Crippen molar-refractivity contribution in [3.05, 3.63) is 58.6 Å². The summed E-state index contributed by atoms with van der Waals surface area (Å²) in [6.07, 6.45) is -3.99. The number of alkyl halides is 3. The Morgan fingerprint density at radius 1 is 1.20 bits per heavy atom. The van der Waals surface area contributed by atoms with Gasteiger partial charge in [0.25, 0.3) is 0 Å². The van der Waals surface area contributed by atoms with Gasteiger partial charge in [-0.25, -0.2) is 0 Å². The van der Waals surface area contributed by atoms with Gasteiger partial charge in [-0.2, -0.15) is 13.2 Å². The molecule has 0 fully saturated rings. The second-order valence-corrected chi connectivity index (χ2v) is 5.92. The van der Waals surface area contributed by atoms with Crippen molar-refractivity contribution >= 4 is 23.2 Å². The number of carbonyl (C=O) groups is 1. The highest BCUT2D eigenvalue weighted by molar-refractivity contribution is 6.31. The fraction of sp³-hybridized carbons (Fsp3) is 0.278. The zero-order valence-corrected chi connectivity index (χ0v) is 14.2. The van der Waals surface area contributed by atoms with E-state index in [4.69, 9.17) is 16.3 Å². The fourth-order valence-corrected chi connectivity index (χ4v) is 2.40. The Kier molecular flexibility index (Phi) is 6.31. The van der Waals surface area contributed by atoms with Crippen LogP contribution in [0.1, 0.15) is 24.0 Å². The molecule has 0 saturated carbocycles. The SMILES string of the molecule is Cc1cccc(OCCCC(=O)Nc2ccc(Cl)c(C(F)(F)F)c2)c1. The number of ether oxygens (including phenoxy) is 1. The molecule has 0 heterocycles. The van der Waals surface area contributed by atoms with E-state index in [9.17, 15) is 18.0 Å². The molecule has 0 aromatic heterocycles. The zero-order chi connectivity index (χ0) is 18.4. The lowest BCUT2D eigenvalue weighted by molar-refractivity contribution is -0.137. The normalized spacial score (nSPS) is 11.2. The number of benzene rings is 2. The fourth-order valence-electron chi connectivity index (χ4n) is 2.17. The summed E-state index contributed by atoms with van der Waals surface area (Å²) in [6.45, 7) is 2.28. The van der Waals surface area contributed by atoms with Gasteiger partial charge < -0.3 is 10.1 Å². The Morgan fingerprint density at radius 3 is 2.64 bits per heavy atom. The Hall–Kier alpha value is -2.21. The number of amides is 1. The van der Waals surface area contributed by atoms with Gasteiger partial charge in [0, 0.05) is 12.1 Å². The number of anilines is 1. The lowest BCUT2D eigenvalue weighted by Crippen LogP contribution is -2.14. The van der Waals surface area contributed by atoms with Gasteiger partial charge >= 0.3 is 6.18 Å². The minimum Gasteiger partial charge on any atom is -0.494 e. The molecule has 0 saturated heterocycles. The van der Waals surface area contributed by atoms with Crippen molar-refractivity contribution in [2.75, 3.05) is 11.9 Å². The lowest BCUT2D eigenvalue weighted by atomic mass is 10.2. The molecule has 134 valence electrons. The van der Waals surface area contributed by atoms with E-state index in [0.29, 0.717) is 18.8 Å². The van der Waals surface area contributed by atoms with Gasteiger partial charge in [0.2, 0.25) is 5.91 Å². The molecule has 0 aliphatic heterocycles. The number of aryl methyl sites for hydroxylation is 1. The van der Waals surface area contributed by atoms with Crippen LogP contribution in [-0.2, 0) is 11.0 Å². The van der Waals surface area contributed by atoms with E-state index in [0.717, 1.165) is 17.7 Å². The Morgan fingerprint density at radius 2 is 1.96 bits per heavy atom. The van der Waals surface area contributed by atoms with E-state index in [1.807, 2.05) is 31.2 Å². The minimum atomic E-state index is -4.57. The molecule has 2 aromatic rings. The number of halogens is 4. The highest BCUT2D eigenvalue weighted by atomic mass is 35.5. The van der Waals surface area contributed by atoms with E-state index < -0.39 is 16.8 Å². The highest BCUT2D eigenvalue weighted by Gasteiger charge is 2.33. The van der Waals surface area contributed by atoms with E-state index >= 15 is 0 Å². The van der Waals surface area contributed by atoms with Crippen LogP contribution in [0.5, 0.6) is 5.75 Å². The molecule has 1 amide bonds. The van der Waals surface area contributed by atoms with E-state index in [1.165, 1.54) is 6.07 Å². The molecule has 1 N–H and O–H groups in total. The third kappa shape index (κ3) is 5.98. The Balaban J connectivity index is 1.82. The second-order valence-electron chi connectivity index (χ2n) is 5.51. The maximum absolute atomic E-state index is 12.8. The first-order valence-electron chi connectivity index (χ1n) is 7.62. The summed E-state index contributed by atoms with van der Waals surface area (Å²) in [5.41, 5.74) is 0.148. The highest BCUT2D eigenvalue weighted by Crippen LogP contribution is 2.36. The van der Waals surface area contributed by atoms with Crippen molar-refractivity contribution in [1.29, 1.82) is 0 Å². The molecule has 25 heavy (non-hydrogen) atoms. The molecule has 0 atom stereocenters. The average Bonchev–Trinajstić information content (AvgIpc) is 2.52. The molecule has 0 radical (unpaired) electrons. The van der Waals surface area contributed by atoms with Crippen LogP contribution < -0.4 is 10.1 Å². The van der Waals surface area contributed by atoms with Gasteiger partial charge in [-0.3, -0.25) is 4.79 Å². The maximum Gasteiger partial charge on any atom is 0.417 e. The standard InChI is InChI=1S/C18H17ClF3NO2/c1-12-4-2-5-14(10-12)25-9-3-6-17(24)23-13-7-8-16(19)15(11-13)18(20,21)22/h2,4-5,7-8,10-11H,3,6,9H2,1H3,(H,23,24). The second kappa shape index (κ2) is 8.25. The predicted octanol–water partition coefficient (Wildman–Crippen LogP) is 5.46. The summed E-state index contributed by atoms with van der Waals surface area (Å²) in [6, 6.07) is 10.8. The number of hydrogen-bond acceptors (Lipinski definition) is 2. The predicted molar refractivity (Wildman–Crippen MR) is 91.0 cm³/mol. The van der Waals surface area contributed by atoms with Gasteiger partial charge in [-0.15, -0.1) is 0 Å². The third-order valence-electron chi connectivity index (χ3n) is 3.36. The maximum atomic E-state index is 12.8. The summed E-state index contributed by atoms with van der Waals surface area (Å²) >= 11 is 5.54. The zero-order valence-electron chi connectivity index (χ0n) is 13.5. The van der Waals surface area contributed by atoms with Crippen LogP contribution in [0.15, 0.2) is 42.5 Å². The van der Waals surface area contributed by atoms with E-state index in [2.05, 4.69) is 5.32 Å². The molecule has 2 rings (SSSR count). The van der Waals surface area contributed by atoms with Gasteiger partial charge in [0.15, 0.2) is 0 Å². The largest absolute Gasteiger partial charge is 0.494 e. The van der Waals surface area contributed by atoms with Crippen molar-refractivity contribution in [3.8, 4) is 5.75 Å². The number of carbonyl (C=O) groups excluding carboxylic acids is 1. The van der Waals surface area contributed by atoms with Crippen molar-refractivity contribution < 1.29 is 22.7 Å². The Labute approximate surface area is 148 Å². The minimum absolute atomic E-state index is 0.0568.